The highest BCUT2D eigenvalue weighted by atomic mass is 35.5. The van der Waals surface area contributed by atoms with Crippen molar-refractivity contribution < 1.29 is 4.74 Å². The minimum Gasteiger partial charge on any atom is -0.491 e. The highest BCUT2D eigenvalue weighted by Gasteiger charge is 2.27. The second-order valence-electron chi connectivity index (χ2n) is 4.41. The summed E-state index contributed by atoms with van der Waals surface area (Å²) in [5.74, 6) is 1.34. The third-order valence-electron chi connectivity index (χ3n) is 2.82. The lowest BCUT2D eigenvalue weighted by molar-refractivity contribution is 0.344. The van der Waals surface area contributed by atoms with Crippen LogP contribution in [0.15, 0.2) is 23.4 Å². The van der Waals surface area contributed by atoms with Gasteiger partial charge in [-0.15, -0.1) is 5.10 Å². The van der Waals surface area contributed by atoms with Gasteiger partial charge in [-0.2, -0.15) is 0 Å². The van der Waals surface area contributed by atoms with E-state index in [1.165, 1.54) is 0 Å². The molecule has 1 saturated carbocycles. The third-order valence-corrected chi connectivity index (χ3v) is 4.27. The number of nitrogens with zero attached hydrogens (tertiary/aromatic N) is 4. The maximum Gasteiger partial charge on any atom is 0.209 e. The Hall–Kier alpha value is -0.980. The lowest BCUT2D eigenvalue weighted by Gasteiger charge is -2.08. The number of benzene rings is 1. The monoisotopic (exact) mass is 330 g/mol. The summed E-state index contributed by atoms with van der Waals surface area (Å²) in [5.41, 5.74) is 0. The Morgan fingerprint density at radius 2 is 2.20 bits per heavy atom. The van der Waals surface area contributed by atoms with Gasteiger partial charge in [0.1, 0.15) is 5.75 Å². The standard InChI is InChI=1S/C12H12Cl2N4OS/c13-8-1-4-10(14)11(7-8)19-5-6-20-12-15-16-17-18(12)9-2-3-9/h1,4,7,9H,2-3,5-6H2. The molecular formula is C12H12Cl2N4OS. The molecule has 0 saturated heterocycles. The highest BCUT2D eigenvalue weighted by molar-refractivity contribution is 7.99. The summed E-state index contributed by atoms with van der Waals surface area (Å²) in [4.78, 5) is 0. The molecule has 0 spiro atoms. The normalized spacial score (nSPS) is 14.5. The van der Waals surface area contributed by atoms with Gasteiger partial charge in [-0.3, -0.25) is 0 Å². The van der Waals surface area contributed by atoms with Crippen molar-refractivity contribution in [1.29, 1.82) is 0 Å². The summed E-state index contributed by atoms with van der Waals surface area (Å²) >= 11 is 13.5. The van der Waals surface area contributed by atoms with Gasteiger partial charge >= 0.3 is 0 Å². The van der Waals surface area contributed by atoms with Gasteiger partial charge in [0.25, 0.3) is 0 Å². The van der Waals surface area contributed by atoms with Crippen LogP contribution in [0.5, 0.6) is 5.75 Å². The second kappa shape index (κ2) is 6.20. The van der Waals surface area contributed by atoms with Crippen molar-refractivity contribution in [1.82, 2.24) is 20.2 Å². The van der Waals surface area contributed by atoms with E-state index in [4.69, 9.17) is 27.9 Å². The van der Waals surface area contributed by atoms with Crippen molar-refractivity contribution >= 4 is 35.0 Å². The molecule has 1 aliphatic rings. The van der Waals surface area contributed by atoms with Crippen LogP contribution in [0.3, 0.4) is 0 Å². The molecule has 2 aromatic rings. The summed E-state index contributed by atoms with van der Waals surface area (Å²) in [7, 11) is 0. The number of hydrogen-bond donors (Lipinski definition) is 0. The molecule has 106 valence electrons. The molecule has 0 unspecified atom stereocenters. The number of aromatic nitrogens is 4. The number of halogens is 2. The van der Waals surface area contributed by atoms with E-state index in [1.54, 1.807) is 30.0 Å². The van der Waals surface area contributed by atoms with E-state index in [0.717, 1.165) is 23.8 Å². The number of rotatable bonds is 6. The summed E-state index contributed by atoms with van der Waals surface area (Å²) in [6.07, 6.45) is 2.32. The number of tetrazole rings is 1. The van der Waals surface area contributed by atoms with E-state index in [0.29, 0.717) is 28.4 Å². The maximum atomic E-state index is 6.02. The van der Waals surface area contributed by atoms with E-state index >= 15 is 0 Å². The smallest absolute Gasteiger partial charge is 0.209 e. The average molecular weight is 331 g/mol. The van der Waals surface area contributed by atoms with Crippen molar-refractivity contribution in [2.24, 2.45) is 0 Å². The van der Waals surface area contributed by atoms with Gasteiger partial charge < -0.3 is 4.74 Å². The Labute approximate surface area is 130 Å². The molecule has 0 aliphatic heterocycles. The fraction of sp³-hybridized carbons (Fsp3) is 0.417. The molecule has 0 bridgehead atoms. The lowest BCUT2D eigenvalue weighted by Crippen LogP contribution is -2.03. The first-order valence-electron chi connectivity index (χ1n) is 6.22. The highest BCUT2D eigenvalue weighted by Crippen LogP contribution is 2.36. The zero-order valence-electron chi connectivity index (χ0n) is 10.5. The van der Waals surface area contributed by atoms with Gasteiger partial charge in [0.15, 0.2) is 0 Å². The maximum absolute atomic E-state index is 6.02. The molecular weight excluding hydrogens is 319 g/mol. The largest absolute Gasteiger partial charge is 0.491 e. The molecule has 0 atom stereocenters. The van der Waals surface area contributed by atoms with Crippen LogP contribution in [0, 0.1) is 0 Å². The van der Waals surface area contributed by atoms with Crippen LogP contribution in [-0.4, -0.2) is 32.6 Å². The molecule has 1 aromatic heterocycles. The van der Waals surface area contributed by atoms with Crippen LogP contribution < -0.4 is 4.74 Å². The predicted molar refractivity (Wildman–Crippen MR) is 78.8 cm³/mol. The Balaban J connectivity index is 1.50. The Kier molecular flexibility index (Phi) is 4.33. The molecule has 0 radical (unpaired) electrons. The van der Waals surface area contributed by atoms with Crippen molar-refractivity contribution in [3.63, 3.8) is 0 Å². The van der Waals surface area contributed by atoms with E-state index in [2.05, 4.69) is 15.5 Å². The van der Waals surface area contributed by atoms with Crippen molar-refractivity contribution in [2.45, 2.75) is 24.0 Å². The first-order valence-corrected chi connectivity index (χ1v) is 7.97. The van der Waals surface area contributed by atoms with Crippen LogP contribution in [-0.2, 0) is 0 Å². The Morgan fingerprint density at radius 3 is 3.00 bits per heavy atom. The van der Waals surface area contributed by atoms with Crippen molar-refractivity contribution in [3.05, 3.63) is 28.2 Å². The summed E-state index contributed by atoms with van der Waals surface area (Å²) in [5, 5.41) is 13.7. The van der Waals surface area contributed by atoms with Gasteiger partial charge in [0.2, 0.25) is 5.16 Å². The van der Waals surface area contributed by atoms with Crippen molar-refractivity contribution in [2.75, 3.05) is 12.4 Å². The fourth-order valence-corrected chi connectivity index (χ4v) is 2.80. The molecule has 1 fully saturated rings. The zero-order chi connectivity index (χ0) is 13.9. The topological polar surface area (TPSA) is 52.8 Å². The van der Waals surface area contributed by atoms with Gasteiger partial charge in [-0.25, -0.2) is 4.68 Å². The molecule has 1 heterocycles. The fourth-order valence-electron chi connectivity index (χ4n) is 1.70. The molecule has 3 rings (SSSR count). The summed E-state index contributed by atoms with van der Waals surface area (Å²) in [6, 6.07) is 5.65. The second-order valence-corrected chi connectivity index (χ2v) is 6.31. The van der Waals surface area contributed by atoms with Crippen LogP contribution >= 0.6 is 35.0 Å². The predicted octanol–water partition coefficient (Wildman–Crippen LogP) is 3.49. The van der Waals surface area contributed by atoms with E-state index in [1.807, 2.05) is 4.68 Å². The first kappa shape index (κ1) is 14.0. The van der Waals surface area contributed by atoms with Crippen molar-refractivity contribution in [3.8, 4) is 5.75 Å². The van der Waals surface area contributed by atoms with Crippen LogP contribution in [0.25, 0.3) is 0 Å². The van der Waals surface area contributed by atoms with Gasteiger partial charge in [-0.1, -0.05) is 35.0 Å². The van der Waals surface area contributed by atoms with Gasteiger partial charge in [0, 0.05) is 16.8 Å². The molecule has 1 aliphatic carbocycles. The SMILES string of the molecule is Clc1ccc(Cl)c(OCCSc2nnnn2C2CC2)c1. The van der Waals surface area contributed by atoms with Crippen LogP contribution in [0.4, 0.5) is 0 Å². The minimum absolute atomic E-state index is 0.482. The average Bonchev–Trinajstić information content (AvgIpc) is 3.18. The van der Waals surface area contributed by atoms with Crippen LogP contribution in [0.2, 0.25) is 10.0 Å². The van der Waals surface area contributed by atoms with E-state index < -0.39 is 0 Å². The molecule has 0 N–H and O–H groups in total. The van der Waals surface area contributed by atoms with E-state index in [9.17, 15) is 0 Å². The first-order chi connectivity index (χ1) is 9.74. The molecule has 0 amide bonds. The summed E-state index contributed by atoms with van der Waals surface area (Å²) in [6.45, 7) is 0.516. The zero-order valence-corrected chi connectivity index (χ0v) is 12.8. The van der Waals surface area contributed by atoms with E-state index in [-0.39, 0.29) is 0 Å². The Bertz CT molecular complexity index is 603. The minimum atomic E-state index is 0.482. The van der Waals surface area contributed by atoms with Gasteiger partial charge in [-0.05, 0) is 35.4 Å². The summed E-state index contributed by atoms with van der Waals surface area (Å²) < 4.78 is 7.50. The van der Waals surface area contributed by atoms with Gasteiger partial charge in [0.05, 0.1) is 17.7 Å². The molecule has 5 nitrogen and oxygen atoms in total. The quantitative estimate of drug-likeness (QED) is 0.599. The number of ether oxygens (including phenoxy) is 1. The number of hydrogen-bond acceptors (Lipinski definition) is 5. The lowest BCUT2D eigenvalue weighted by atomic mass is 10.3. The number of thioether (sulfide) groups is 1. The molecule has 20 heavy (non-hydrogen) atoms. The third kappa shape index (κ3) is 3.37. The Morgan fingerprint density at radius 1 is 1.35 bits per heavy atom. The molecule has 8 heteroatoms. The molecule has 1 aromatic carbocycles. The van der Waals surface area contributed by atoms with Crippen LogP contribution in [0.1, 0.15) is 18.9 Å².